The lowest BCUT2D eigenvalue weighted by atomic mass is 10.3. The Labute approximate surface area is 172 Å². The minimum absolute atomic E-state index is 0.150. The van der Waals surface area contributed by atoms with E-state index < -0.39 is 0 Å². The van der Waals surface area contributed by atoms with Crippen molar-refractivity contribution >= 4 is 16.9 Å². The van der Waals surface area contributed by atoms with E-state index in [1.165, 1.54) is 16.8 Å². The normalized spacial score (nSPS) is 11.9. The number of carbonyl (C=O) groups excluding carboxylic acids is 1. The van der Waals surface area contributed by atoms with Crippen molar-refractivity contribution in [3.8, 4) is 5.75 Å². The zero-order chi connectivity index (χ0) is 20.9. The van der Waals surface area contributed by atoms with Crippen molar-refractivity contribution in [3.63, 3.8) is 0 Å². The first-order chi connectivity index (χ1) is 14.6. The minimum Gasteiger partial charge on any atom is -0.492 e. The van der Waals surface area contributed by atoms with Crippen molar-refractivity contribution in [2.75, 3.05) is 6.61 Å². The molecule has 2 N–H and O–H groups in total. The molecule has 0 spiro atoms. The van der Waals surface area contributed by atoms with Crippen LogP contribution in [0, 0.1) is 0 Å². The predicted octanol–water partition coefficient (Wildman–Crippen LogP) is 2.69. The van der Waals surface area contributed by atoms with Crippen molar-refractivity contribution in [2.45, 2.75) is 19.5 Å². The van der Waals surface area contributed by atoms with Gasteiger partial charge in [-0.25, -0.2) is 9.67 Å². The average molecular weight is 403 g/mol. The summed E-state index contributed by atoms with van der Waals surface area (Å²) in [5, 5.41) is 7.03. The van der Waals surface area contributed by atoms with Crippen LogP contribution < -0.4 is 15.6 Å². The molecular formula is C22H21N5O3. The number of carbonyl (C=O) groups is 1. The Hall–Kier alpha value is -3.94. The molecule has 30 heavy (non-hydrogen) atoms. The van der Waals surface area contributed by atoms with Gasteiger partial charge in [-0.3, -0.25) is 9.59 Å². The minimum atomic E-state index is -0.388. The fourth-order valence-electron chi connectivity index (χ4n) is 3.01. The van der Waals surface area contributed by atoms with Gasteiger partial charge in [0.05, 0.1) is 23.6 Å². The van der Waals surface area contributed by atoms with E-state index in [4.69, 9.17) is 4.74 Å². The van der Waals surface area contributed by atoms with Crippen molar-refractivity contribution in [3.05, 3.63) is 88.6 Å². The number of benzene rings is 2. The number of fused-ring (bicyclic) bond motifs is 1. The van der Waals surface area contributed by atoms with Crippen LogP contribution in [0.25, 0.3) is 11.0 Å². The van der Waals surface area contributed by atoms with Gasteiger partial charge in [-0.05, 0) is 37.3 Å². The molecule has 4 aromatic rings. The Bertz CT molecular complexity index is 1180. The first-order valence-corrected chi connectivity index (χ1v) is 9.62. The molecule has 2 aromatic heterocycles. The fourth-order valence-corrected chi connectivity index (χ4v) is 3.01. The number of nitrogens with zero attached hydrogens (tertiary/aromatic N) is 3. The summed E-state index contributed by atoms with van der Waals surface area (Å²) in [5.41, 5.74) is 1.59. The maximum atomic E-state index is 12.6. The van der Waals surface area contributed by atoms with Gasteiger partial charge in [0.15, 0.2) is 0 Å². The second-order valence-corrected chi connectivity index (χ2v) is 6.78. The van der Waals surface area contributed by atoms with E-state index in [0.29, 0.717) is 11.6 Å². The summed E-state index contributed by atoms with van der Waals surface area (Å²) in [6.45, 7) is 2.32. The Morgan fingerprint density at radius 2 is 1.87 bits per heavy atom. The van der Waals surface area contributed by atoms with Crippen molar-refractivity contribution in [2.24, 2.45) is 0 Å². The maximum Gasteiger partial charge on any atom is 0.272 e. The molecule has 0 fully saturated rings. The van der Waals surface area contributed by atoms with Gasteiger partial charge in [0, 0.05) is 6.07 Å². The molecular weight excluding hydrogens is 382 g/mol. The molecule has 2 heterocycles. The topological polar surface area (TPSA) is 102 Å². The molecule has 1 atom stereocenters. The molecule has 8 nitrogen and oxygen atoms in total. The van der Waals surface area contributed by atoms with E-state index in [1.54, 1.807) is 0 Å². The summed E-state index contributed by atoms with van der Waals surface area (Å²) in [6.07, 6.45) is 0. The number of hydrogen-bond donors (Lipinski definition) is 2. The smallest absolute Gasteiger partial charge is 0.272 e. The highest BCUT2D eigenvalue weighted by Crippen LogP contribution is 2.15. The average Bonchev–Trinajstić information content (AvgIpc) is 3.20. The van der Waals surface area contributed by atoms with E-state index in [1.807, 2.05) is 61.5 Å². The lowest BCUT2D eigenvalue weighted by Gasteiger charge is -2.12. The van der Waals surface area contributed by atoms with Gasteiger partial charge >= 0.3 is 0 Å². The number of imidazole rings is 1. The molecule has 0 aliphatic rings. The van der Waals surface area contributed by atoms with Gasteiger partial charge in [0.25, 0.3) is 11.5 Å². The van der Waals surface area contributed by atoms with Gasteiger partial charge in [0.2, 0.25) is 0 Å². The fraction of sp³-hybridized carbons (Fsp3) is 0.182. The van der Waals surface area contributed by atoms with Gasteiger partial charge in [-0.1, -0.05) is 30.3 Å². The summed E-state index contributed by atoms with van der Waals surface area (Å²) in [5.74, 6) is 0.967. The van der Waals surface area contributed by atoms with Gasteiger partial charge in [0.1, 0.15) is 23.9 Å². The molecule has 0 radical (unpaired) electrons. The molecule has 0 unspecified atom stereocenters. The quantitative estimate of drug-likeness (QED) is 0.494. The zero-order valence-corrected chi connectivity index (χ0v) is 16.4. The van der Waals surface area contributed by atoms with E-state index >= 15 is 0 Å². The van der Waals surface area contributed by atoms with Crippen LogP contribution in [0.2, 0.25) is 0 Å². The van der Waals surface area contributed by atoms with Crippen molar-refractivity contribution < 1.29 is 9.53 Å². The van der Waals surface area contributed by atoms with E-state index in [0.717, 1.165) is 11.0 Å². The van der Waals surface area contributed by atoms with Crippen LogP contribution in [-0.4, -0.2) is 32.3 Å². The number of H-pyrrole nitrogens is 1. The Morgan fingerprint density at radius 3 is 2.67 bits per heavy atom. The van der Waals surface area contributed by atoms with Crippen LogP contribution in [0.3, 0.4) is 0 Å². The molecule has 1 amide bonds. The molecule has 2 aromatic carbocycles. The summed E-state index contributed by atoms with van der Waals surface area (Å²) in [6, 6.07) is 19.3. The molecule has 0 bridgehead atoms. The second kappa shape index (κ2) is 8.60. The van der Waals surface area contributed by atoms with Crippen molar-refractivity contribution in [1.29, 1.82) is 0 Å². The van der Waals surface area contributed by atoms with Crippen LogP contribution in [-0.2, 0) is 6.54 Å². The van der Waals surface area contributed by atoms with Gasteiger partial charge in [-0.2, -0.15) is 5.10 Å². The van der Waals surface area contributed by atoms with E-state index in [9.17, 15) is 9.59 Å². The number of ether oxygens (including phenoxy) is 1. The van der Waals surface area contributed by atoms with Crippen LogP contribution >= 0.6 is 0 Å². The molecule has 0 aliphatic heterocycles. The number of amides is 1. The number of hydrogen-bond acceptors (Lipinski definition) is 5. The van der Waals surface area contributed by atoms with E-state index in [-0.39, 0.29) is 36.4 Å². The Morgan fingerprint density at radius 1 is 1.10 bits per heavy atom. The predicted molar refractivity (Wildman–Crippen MR) is 112 cm³/mol. The summed E-state index contributed by atoms with van der Waals surface area (Å²) >= 11 is 0. The second-order valence-electron chi connectivity index (χ2n) is 6.78. The van der Waals surface area contributed by atoms with Gasteiger partial charge < -0.3 is 15.0 Å². The number of aromatic amines is 1. The monoisotopic (exact) mass is 403 g/mol. The Kier molecular flexibility index (Phi) is 5.56. The molecule has 0 saturated carbocycles. The van der Waals surface area contributed by atoms with Crippen molar-refractivity contribution in [1.82, 2.24) is 25.1 Å². The first kappa shape index (κ1) is 19.4. The molecule has 0 saturated heterocycles. The highest BCUT2D eigenvalue weighted by molar-refractivity contribution is 5.92. The molecule has 4 rings (SSSR count). The summed E-state index contributed by atoms with van der Waals surface area (Å²) in [7, 11) is 0. The van der Waals surface area contributed by atoms with Crippen LogP contribution in [0.15, 0.2) is 71.5 Å². The first-order valence-electron chi connectivity index (χ1n) is 9.62. The third kappa shape index (κ3) is 4.38. The maximum absolute atomic E-state index is 12.6. The van der Waals surface area contributed by atoms with Crippen LogP contribution in [0.4, 0.5) is 0 Å². The number of nitrogens with one attached hydrogen (secondary N) is 2. The molecule has 0 aliphatic carbocycles. The Balaban J connectivity index is 1.42. The number of aromatic nitrogens is 4. The molecule has 8 heteroatoms. The van der Waals surface area contributed by atoms with E-state index in [2.05, 4.69) is 20.4 Å². The summed E-state index contributed by atoms with van der Waals surface area (Å²) < 4.78 is 6.83. The number of para-hydroxylation sites is 3. The third-order valence-corrected chi connectivity index (χ3v) is 4.58. The van der Waals surface area contributed by atoms with Gasteiger partial charge in [-0.15, -0.1) is 0 Å². The third-order valence-electron chi connectivity index (χ3n) is 4.58. The largest absolute Gasteiger partial charge is 0.492 e. The highest BCUT2D eigenvalue weighted by Gasteiger charge is 2.16. The lowest BCUT2D eigenvalue weighted by molar-refractivity contribution is 0.0930. The summed E-state index contributed by atoms with van der Waals surface area (Å²) in [4.78, 5) is 32.4. The van der Waals surface area contributed by atoms with Crippen LogP contribution in [0.5, 0.6) is 5.75 Å². The van der Waals surface area contributed by atoms with Crippen LogP contribution in [0.1, 0.15) is 29.3 Å². The lowest BCUT2D eigenvalue weighted by Crippen LogP contribution is -2.32. The number of rotatable bonds is 7. The SMILES string of the molecule is C[C@H](NC(=O)c1ccc(=O)n(CCOc2ccccc2)n1)c1nc2ccccc2[nH]1. The highest BCUT2D eigenvalue weighted by atomic mass is 16.5. The molecule has 152 valence electrons. The standard InChI is InChI=1S/C22H21N5O3/c1-15(21-24-17-9-5-6-10-18(17)25-21)23-22(29)19-11-12-20(28)27(26-19)13-14-30-16-7-3-2-4-8-16/h2-12,15H,13-14H2,1H3,(H,23,29)(H,24,25)/t15-/m0/s1. The zero-order valence-electron chi connectivity index (χ0n) is 16.4.